The van der Waals surface area contributed by atoms with Crippen molar-refractivity contribution in [1.82, 2.24) is 14.9 Å². The first kappa shape index (κ1) is 18.0. The van der Waals surface area contributed by atoms with Crippen LogP contribution in [0, 0.1) is 5.92 Å². The van der Waals surface area contributed by atoms with E-state index >= 15 is 0 Å². The Morgan fingerprint density at radius 3 is 2.72 bits per heavy atom. The molecule has 0 radical (unpaired) electrons. The summed E-state index contributed by atoms with van der Waals surface area (Å²) in [5, 5.41) is 4.66. The van der Waals surface area contributed by atoms with Gasteiger partial charge in [-0.05, 0) is 31.5 Å². The molecule has 134 valence electrons. The molecule has 2 heterocycles. The Morgan fingerprint density at radius 1 is 1.32 bits per heavy atom. The van der Waals surface area contributed by atoms with Crippen LogP contribution < -0.4 is 0 Å². The molecule has 25 heavy (non-hydrogen) atoms. The van der Waals surface area contributed by atoms with Crippen LogP contribution in [0.2, 0.25) is 0 Å². The molecule has 6 heteroatoms. The van der Waals surface area contributed by atoms with E-state index in [2.05, 4.69) is 34.5 Å². The zero-order valence-electron chi connectivity index (χ0n) is 14.9. The average molecular weight is 359 g/mol. The van der Waals surface area contributed by atoms with Crippen molar-refractivity contribution in [2.75, 3.05) is 27.2 Å². The number of thiazole rings is 1. The van der Waals surface area contributed by atoms with Gasteiger partial charge >= 0.3 is 0 Å². The van der Waals surface area contributed by atoms with E-state index in [0.717, 1.165) is 49.6 Å². The lowest BCUT2D eigenvalue weighted by Crippen LogP contribution is -2.40. The van der Waals surface area contributed by atoms with Crippen molar-refractivity contribution >= 4 is 17.2 Å². The summed E-state index contributed by atoms with van der Waals surface area (Å²) >= 11 is 1.73. The number of hydroxylamine groups is 2. The van der Waals surface area contributed by atoms with E-state index in [1.807, 2.05) is 6.07 Å². The minimum absolute atomic E-state index is 0.0743. The van der Waals surface area contributed by atoms with Crippen LogP contribution in [0.15, 0.2) is 35.7 Å². The van der Waals surface area contributed by atoms with Gasteiger partial charge in [0.2, 0.25) is 5.91 Å². The number of likely N-dealkylation sites (tertiary alicyclic amines) is 1. The van der Waals surface area contributed by atoms with E-state index in [-0.39, 0.29) is 11.8 Å². The van der Waals surface area contributed by atoms with Gasteiger partial charge in [-0.15, -0.1) is 11.3 Å². The Labute approximate surface area is 153 Å². The molecule has 0 saturated carbocycles. The third kappa shape index (κ3) is 4.87. The molecule has 0 unspecified atom stereocenters. The Bertz CT molecular complexity index is 681. The molecule has 1 aromatic heterocycles. The number of piperidine rings is 1. The van der Waals surface area contributed by atoms with Gasteiger partial charge in [-0.1, -0.05) is 30.3 Å². The number of rotatable bonds is 6. The molecule has 2 aromatic rings. The Morgan fingerprint density at radius 2 is 2.04 bits per heavy atom. The van der Waals surface area contributed by atoms with Crippen LogP contribution in [0.5, 0.6) is 0 Å². The smallest absolute Gasteiger partial charge is 0.249 e. The number of hydrogen-bond donors (Lipinski definition) is 0. The summed E-state index contributed by atoms with van der Waals surface area (Å²) in [5.41, 5.74) is 2.43. The summed E-state index contributed by atoms with van der Waals surface area (Å²) in [4.78, 5) is 24.3. The zero-order valence-corrected chi connectivity index (χ0v) is 15.7. The van der Waals surface area contributed by atoms with Gasteiger partial charge in [0, 0.05) is 31.3 Å². The highest BCUT2D eigenvalue weighted by molar-refractivity contribution is 7.09. The Balaban J connectivity index is 1.49. The summed E-state index contributed by atoms with van der Waals surface area (Å²) < 4.78 is 0. The maximum atomic E-state index is 12.1. The van der Waals surface area contributed by atoms with Crippen LogP contribution in [0.1, 0.15) is 29.1 Å². The maximum Gasteiger partial charge on any atom is 0.249 e. The fourth-order valence-corrected chi connectivity index (χ4v) is 4.01. The summed E-state index contributed by atoms with van der Waals surface area (Å²) in [6, 6.07) is 10.4. The van der Waals surface area contributed by atoms with Crippen molar-refractivity contribution < 1.29 is 9.63 Å². The van der Waals surface area contributed by atoms with Crippen molar-refractivity contribution in [3.8, 4) is 0 Å². The molecule has 1 saturated heterocycles. The highest BCUT2D eigenvalue weighted by atomic mass is 32.1. The fourth-order valence-electron chi connectivity index (χ4n) is 3.19. The molecule has 1 aliphatic rings. The first-order valence-electron chi connectivity index (χ1n) is 8.67. The molecule has 0 aliphatic carbocycles. The van der Waals surface area contributed by atoms with E-state index in [0.29, 0.717) is 0 Å². The van der Waals surface area contributed by atoms with Crippen LogP contribution in [0.25, 0.3) is 0 Å². The molecule has 0 bridgehead atoms. The number of aromatic nitrogens is 1. The molecule has 1 fully saturated rings. The topological polar surface area (TPSA) is 45.7 Å². The SMILES string of the molecule is CON(C)C(=O)C1CCN(Cc2csc(Cc3ccccc3)n2)CC1. The number of benzene rings is 1. The zero-order chi connectivity index (χ0) is 17.6. The second-order valence-electron chi connectivity index (χ2n) is 6.46. The largest absolute Gasteiger partial charge is 0.297 e. The minimum atomic E-state index is 0.0743. The van der Waals surface area contributed by atoms with Crippen LogP contribution in [0.3, 0.4) is 0 Å². The lowest BCUT2D eigenvalue weighted by Gasteiger charge is -2.32. The van der Waals surface area contributed by atoms with Gasteiger partial charge in [0.05, 0.1) is 17.8 Å². The molecule has 0 N–H and O–H groups in total. The fraction of sp³-hybridized carbons (Fsp3) is 0.474. The molecular weight excluding hydrogens is 334 g/mol. The molecule has 1 amide bonds. The van der Waals surface area contributed by atoms with Crippen molar-refractivity contribution in [3.63, 3.8) is 0 Å². The Kier molecular flexibility index (Phi) is 6.18. The summed E-state index contributed by atoms with van der Waals surface area (Å²) in [6.45, 7) is 2.73. The highest BCUT2D eigenvalue weighted by Gasteiger charge is 2.27. The van der Waals surface area contributed by atoms with Crippen LogP contribution >= 0.6 is 11.3 Å². The lowest BCUT2D eigenvalue weighted by atomic mass is 9.96. The Hall–Kier alpha value is -1.76. The number of amides is 1. The van der Waals surface area contributed by atoms with Gasteiger partial charge in [0.1, 0.15) is 0 Å². The number of nitrogens with zero attached hydrogens (tertiary/aromatic N) is 3. The lowest BCUT2D eigenvalue weighted by molar-refractivity contribution is -0.174. The first-order valence-corrected chi connectivity index (χ1v) is 9.55. The molecular formula is C19H25N3O2S. The van der Waals surface area contributed by atoms with Gasteiger partial charge in [-0.3, -0.25) is 14.5 Å². The van der Waals surface area contributed by atoms with E-state index in [4.69, 9.17) is 9.82 Å². The van der Waals surface area contributed by atoms with Gasteiger partial charge in [-0.25, -0.2) is 10.0 Å². The third-order valence-corrected chi connectivity index (χ3v) is 5.60. The predicted molar refractivity (Wildman–Crippen MR) is 99.1 cm³/mol. The van der Waals surface area contributed by atoms with Gasteiger partial charge in [0.15, 0.2) is 0 Å². The molecule has 1 aliphatic heterocycles. The summed E-state index contributed by atoms with van der Waals surface area (Å²) in [6.07, 6.45) is 2.66. The van der Waals surface area contributed by atoms with E-state index in [9.17, 15) is 4.79 Å². The third-order valence-electron chi connectivity index (χ3n) is 4.70. The summed E-state index contributed by atoms with van der Waals surface area (Å²) in [5.74, 6) is 0.159. The normalized spacial score (nSPS) is 16.1. The molecule has 5 nitrogen and oxygen atoms in total. The first-order chi connectivity index (χ1) is 12.2. The van der Waals surface area contributed by atoms with Crippen molar-refractivity contribution in [3.05, 3.63) is 52.0 Å². The number of carbonyl (C=O) groups excluding carboxylic acids is 1. The van der Waals surface area contributed by atoms with Crippen LogP contribution in [0.4, 0.5) is 0 Å². The predicted octanol–water partition coefficient (Wildman–Crippen LogP) is 2.97. The summed E-state index contributed by atoms with van der Waals surface area (Å²) in [7, 11) is 3.21. The van der Waals surface area contributed by atoms with E-state index in [1.165, 1.54) is 17.7 Å². The monoisotopic (exact) mass is 359 g/mol. The minimum Gasteiger partial charge on any atom is -0.297 e. The van der Waals surface area contributed by atoms with Crippen molar-refractivity contribution in [1.29, 1.82) is 0 Å². The second-order valence-corrected chi connectivity index (χ2v) is 7.41. The number of carbonyl (C=O) groups is 1. The van der Waals surface area contributed by atoms with Crippen LogP contribution in [-0.4, -0.2) is 48.1 Å². The molecule has 1 aromatic carbocycles. The van der Waals surface area contributed by atoms with Crippen molar-refractivity contribution in [2.45, 2.75) is 25.8 Å². The van der Waals surface area contributed by atoms with Gasteiger partial charge in [-0.2, -0.15) is 0 Å². The standard InChI is InChI=1S/C19H25N3O2S/c1-21(24-2)19(23)16-8-10-22(11-9-16)13-17-14-25-18(20-17)12-15-6-4-3-5-7-15/h3-7,14,16H,8-13H2,1-2H3. The number of hydrogen-bond acceptors (Lipinski definition) is 5. The van der Waals surface area contributed by atoms with Gasteiger partial charge in [0.25, 0.3) is 0 Å². The molecule has 0 atom stereocenters. The quantitative estimate of drug-likeness (QED) is 0.744. The second kappa shape index (κ2) is 8.56. The van der Waals surface area contributed by atoms with Crippen LogP contribution in [-0.2, 0) is 22.6 Å². The molecule has 3 rings (SSSR count). The van der Waals surface area contributed by atoms with Gasteiger partial charge < -0.3 is 0 Å². The molecule has 0 spiro atoms. The van der Waals surface area contributed by atoms with E-state index < -0.39 is 0 Å². The van der Waals surface area contributed by atoms with E-state index in [1.54, 1.807) is 18.4 Å². The highest BCUT2D eigenvalue weighted by Crippen LogP contribution is 2.22. The van der Waals surface area contributed by atoms with Crippen molar-refractivity contribution in [2.24, 2.45) is 5.92 Å². The maximum absolute atomic E-state index is 12.1. The average Bonchev–Trinajstić information content (AvgIpc) is 3.08.